The maximum Gasteiger partial charge on any atom is 0.257 e. The maximum absolute atomic E-state index is 13.2. The molecule has 168 valence electrons. The van der Waals surface area contributed by atoms with Gasteiger partial charge >= 0.3 is 0 Å². The molecule has 0 saturated carbocycles. The van der Waals surface area contributed by atoms with E-state index in [1.807, 2.05) is 47.9 Å². The van der Waals surface area contributed by atoms with E-state index in [1.165, 1.54) is 11.3 Å². The monoisotopic (exact) mass is 444 g/mol. The molecule has 2 amide bonds. The third-order valence-corrected chi connectivity index (χ3v) is 7.55. The summed E-state index contributed by atoms with van der Waals surface area (Å²) in [5.41, 5.74) is 6.86. The molecule has 4 rings (SSSR count). The van der Waals surface area contributed by atoms with Crippen LogP contribution in [-0.4, -0.2) is 84.5 Å². The molecular formula is C23H32N4O3S. The lowest BCUT2D eigenvalue weighted by atomic mass is 10.0. The highest BCUT2D eigenvalue weighted by Crippen LogP contribution is 2.34. The van der Waals surface area contributed by atoms with Gasteiger partial charge in [0.2, 0.25) is 0 Å². The van der Waals surface area contributed by atoms with Crippen molar-refractivity contribution in [3.63, 3.8) is 0 Å². The molecule has 0 spiro atoms. The number of ether oxygens (including phenoxy) is 1. The number of likely N-dealkylation sites (tertiary alicyclic amines) is 1. The first-order chi connectivity index (χ1) is 15.0. The number of amides is 2. The number of benzene rings is 1. The van der Waals surface area contributed by atoms with Crippen molar-refractivity contribution >= 4 is 38.2 Å². The van der Waals surface area contributed by atoms with Gasteiger partial charge in [-0.3, -0.25) is 14.5 Å². The van der Waals surface area contributed by atoms with Gasteiger partial charge in [0, 0.05) is 55.4 Å². The average molecular weight is 445 g/mol. The molecule has 1 aromatic heterocycles. The number of hydrogen-bond donors (Lipinski definition) is 1. The van der Waals surface area contributed by atoms with Gasteiger partial charge in [0.1, 0.15) is 6.10 Å². The van der Waals surface area contributed by atoms with Crippen molar-refractivity contribution in [2.75, 3.05) is 51.6 Å². The number of carbonyl (C=O) groups excluding carboxylic acids is 2. The summed E-state index contributed by atoms with van der Waals surface area (Å²) < 4.78 is 6.85. The van der Waals surface area contributed by atoms with Crippen LogP contribution in [0, 0.1) is 0 Å². The van der Waals surface area contributed by atoms with Crippen LogP contribution in [0.1, 0.15) is 37.0 Å². The summed E-state index contributed by atoms with van der Waals surface area (Å²) >= 11 is 1.48. The van der Waals surface area contributed by atoms with E-state index in [4.69, 9.17) is 10.5 Å². The van der Waals surface area contributed by atoms with Crippen LogP contribution < -0.4 is 5.73 Å². The van der Waals surface area contributed by atoms with E-state index in [0.29, 0.717) is 55.9 Å². The number of nitrogen functional groups attached to an aromatic ring is 1. The second kappa shape index (κ2) is 9.54. The lowest BCUT2D eigenvalue weighted by Gasteiger charge is -2.42. The Hall–Kier alpha value is -2.16. The molecule has 7 nitrogen and oxygen atoms in total. The molecule has 0 bridgehead atoms. The summed E-state index contributed by atoms with van der Waals surface area (Å²) in [5.74, 6) is 0.118. The van der Waals surface area contributed by atoms with E-state index in [-0.39, 0.29) is 17.9 Å². The summed E-state index contributed by atoms with van der Waals surface area (Å²) in [6.07, 6.45) is 1.42. The number of thiophene rings is 1. The van der Waals surface area contributed by atoms with Crippen molar-refractivity contribution in [2.24, 2.45) is 0 Å². The molecule has 2 aromatic rings. The third-order valence-electron chi connectivity index (χ3n) is 6.55. The third kappa shape index (κ3) is 4.42. The number of likely N-dealkylation sites (N-methyl/N-ethyl adjacent to an activating group) is 1. The standard InChI is InChI=1S/C23H32N4O3S/c1-3-25(4-2)22(28)18-15-27(13-14-30-18)16-9-11-26(12-10-16)23(29)20-17-7-5-6-8-19(17)31-21(20)24/h5-8,16,18H,3-4,9-15,24H2,1-2H3. The van der Waals surface area contributed by atoms with E-state index in [1.54, 1.807) is 0 Å². The Morgan fingerprint density at radius 1 is 1.16 bits per heavy atom. The average Bonchev–Trinajstić information content (AvgIpc) is 3.15. The summed E-state index contributed by atoms with van der Waals surface area (Å²) in [4.78, 5) is 32.1. The number of nitrogens with zero attached hydrogens (tertiary/aromatic N) is 3. The molecular weight excluding hydrogens is 412 g/mol. The molecule has 3 heterocycles. The van der Waals surface area contributed by atoms with Crippen molar-refractivity contribution in [3.8, 4) is 0 Å². The van der Waals surface area contributed by atoms with Gasteiger partial charge in [0.05, 0.1) is 17.2 Å². The van der Waals surface area contributed by atoms with E-state index in [0.717, 1.165) is 29.5 Å². The number of carbonyl (C=O) groups is 2. The molecule has 0 aliphatic carbocycles. The lowest BCUT2D eigenvalue weighted by Crippen LogP contribution is -2.55. The van der Waals surface area contributed by atoms with Crippen molar-refractivity contribution in [1.82, 2.24) is 14.7 Å². The summed E-state index contributed by atoms with van der Waals surface area (Å²) in [5, 5.41) is 1.54. The molecule has 2 aliphatic rings. The summed E-state index contributed by atoms with van der Waals surface area (Å²) in [6, 6.07) is 8.28. The summed E-state index contributed by atoms with van der Waals surface area (Å²) in [6.45, 7) is 8.87. The number of fused-ring (bicyclic) bond motifs is 1. The zero-order valence-electron chi connectivity index (χ0n) is 18.4. The summed E-state index contributed by atoms with van der Waals surface area (Å²) in [7, 11) is 0. The first kappa shape index (κ1) is 22.0. The minimum absolute atomic E-state index is 0.0324. The molecule has 2 N–H and O–H groups in total. The second-order valence-electron chi connectivity index (χ2n) is 8.23. The minimum atomic E-state index is -0.384. The van der Waals surface area contributed by atoms with Gasteiger partial charge < -0.3 is 20.3 Å². The van der Waals surface area contributed by atoms with Gasteiger partial charge in [-0.25, -0.2) is 0 Å². The number of hydrogen-bond acceptors (Lipinski definition) is 6. The molecule has 2 aliphatic heterocycles. The quantitative estimate of drug-likeness (QED) is 0.767. The van der Waals surface area contributed by atoms with E-state index >= 15 is 0 Å². The highest BCUT2D eigenvalue weighted by Gasteiger charge is 2.35. The largest absolute Gasteiger partial charge is 0.390 e. The number of nitrogens with two attached hydrogens (primary N) is 1. The number of morpholine rings is 1. The fraction of sp³-hybridized carbons (Fsp3) is 0.565. The Balaban J connectivity index is 1.37. The van der Waals surface area contributed by atoms with Crippen molar-refractivity contribution < 1.29 is 14.3 Å². The molecule has 2 fully saturated rings. The van der Waals surface area contributed by atoms with Crippen molar-refractivity contribution in [1.29, 1.82) is 0 Å². The van der Waals surface area contributed by atoms with Gasteiger partial charge in [-0.15, -0.1) is 11.3 Å². The Morgan fingerprint density at radius 2 is 1.87 bits per heavy atom. The Bertz CT molecular complexity index is 934. The van der Waals surface area contributed by atoms with Crippen molar-refractivity contribution in [3.05, 3.63) is 29.8 Å². The topological polar surface area (TPSA) is 79.1 Å². The zero-order valence-corrected chi connectivity index (χ0v) is 19.2. The molecule has 1 unspecified atom stereocenters. The fourth-order valence-electron chi connectivity index (χ4n) is 4.77. The smallest absolute Gasteiger partial charge is 0.257 e. The van der Waals surface area contributed by atoms with Gasteiger partial charge in [0.25, 0.3) is 11.8 Å². The predicted molar refractivity (Wildman–Crippen MR) is 124 cm³/mol. The molecule has 1 aromatic carbocycles. The van der Waals surface area contributed by atoms with Crippen LogP contribution in [0.25, 0.3) is 10.1 Å². The number of rotatable bonds is 5. The van der Waals surface area contributed by atoms with E-state index in [2.05, 4.69) is 4.90 Å². The predicted octanol–water partition coefficient (Wildman–Crippen LogP) is 2.66. The maximum atomic E-state index is 13.2. The highest BCUT2D eigenvalue weighted by atomic mass is 32.1. The van der Waals surface area contributed by atoms with Crippen LogP contribution in [0.15, 0.2) is 24.3 Å². The molecule has 0 radical (unpaired) electrons. The Morgan fingerprint density at radius 3 is 2.58 bits per heavy atom. The van der Waals surface area contributed by atoms with Gasteiger partial charge in [-0.2, -0.15) is 0 Å². The highest BCUT2D eigenvalue weighted by molar-refractivity contribution is 7.23. The van der Waals surface area contributed by atoms with Crippen LogP contribution >= 0.6 is 11.3 Å². The van der Waals surface area contributed by atoms with Crippen LogP contribution in [0.3, 0.4) is 0 Å². The minimum Gasteiger partial charge on any atom is -0.390 e. The zero-order chi connectivity index (χ0) is 22.0. The van der Waals surface area contributed by atoms with Gasteiger partial charge in [0.15, 0.2) is 0 Å². The van der Waals surface area contributed by atoms with Gasteiger partial charge in [-0.1, -0.05) is 18.2 Å². The second-order valence-corrected chi connectivity index (χ2v) is 9.31. The molecule has 8 heteroatoms. The van der Waals surface area contributed by atoms with Crippen LogP contribution in [0.5, 0.6) is 0 Å². The SMILES string of the molecule is CCN(CC)C(=O)C1CN(C2CCN(C(=O)c3c(N)sc4ccccc34)CC2)CCO1. The van der Waals surface area contributed by atoms with Crippen molar-refractivity contribution in [2.45, 2.75) is 38.8 Å². The normalized spacial score (nSPS) is 20.8. The lowest BCUT2D eigenvalue weighted by molar-refractivity contribution is -0.150. The van der Waals surface area contributed by atoms with E-state index in [9.17, 15) is 9.59 Å². The van der Waals surface area contributed by atoms with Crippen LogP contribution in [0.2, 0.25) is 0 Å². The van der Waals surface area contributed by atoms with E-state index < -0.39 is 0 Å². The Labute approximate surface area is 187 Å². The first-order valence-corrected chi connectivity index (χ1v) is 12.1. The fourth-order valence-corrected chi connectivity index (χ4v) is 5.73. The molecule has 31 heavy (non-hydrogen) atoms. The Kier molecular flexibility index (Phi) is 6.79. The number of piperidine rings is 1. The molecule has 1 atom stereocenters. The first-order valence-electron chi connectivity index (χ1n) is 11.2. The number of anilines is 1. The van der Waals surface area contributed by atoms with Crippen LogP contribution in [0.4, 0.5) is 5.00 Å². The van der Waals surface area contributed by atoms with Gasteiger partial charge in [-0.05, 0) is 32.8 Å². The van der Waals surface area contributed by atoms with Crippen LogP contribution in [-0.2, 0) is 9.53 Å². The molecule has 2 saturated heterocycles.